The van der Waals surface area contributed by atoms with Gasteiger partial charge >= 0.3 is 5.97 Å². The monoisotopic (exact) mass is 568 g/mol. The average molecular weight is 569 g/mol. The number of thiophene rings is 1. The predicted molar refractivity (Wildman–Crippen MR) is 147 cm³/mol. The van der Waals surface area contributed by atoms with E-state index in [-0.39, 0.29) is 34.4 Å². The molecule has 0 spiro atoms. The van der Waals surface area contributed by atoms with Gasteiger partial charge in [0.1, 0.15) is 10.4 Å². The SMILES string of the molecule is CCOC(=O)c1c(NC(=O)C(C)Sc2nc3c(cnn3-c3ccc([N+](=O)[O-])cc3)c(=O)[nH]2)sc2c1CCCC2. The Morgan fingerprint density at radius 1 is 1.28 bits per heavy atom. The second kappa shape index (κ2) is 11.0. The van der Waals surface area contributed by atoms with Crippen LogP contribution in [0.3, 0.4) is 0 Å². The third-order valence-electron chi connectivity index (χ3n) is 6.27. The van der Waals surface area contributed by atoms with Crippen LogP contribution in [0, 0.1) is 10.1 Å². The maximum atomic E-state index is 13.2. The number of esters is 1. The first-order valence-electron chi connectivity index (χ1n) is 12.3. The standard InChI is InChI=1S/C25H24N6O6S2/c1-3-37-24(34)19-16-6-4-5-7-18(16)39-23(19)28-21(32)13(2)38-25-27-20-17(22(33)29-25)12-26-30(20)14-8-10-15(11-9-14)31(35)36/h8-13H,3-7H2,1-2H3,(H,28,32)(H,27,29,33). The number of rotatable bonds is 8. The van der Waals surface area contributed by atoms with Gasteiger partial charge in [-0.3, -0.25) is 19.7 Å². The van der Waals surface area contributed by atoms with Gasteiger partial charge in [0.25, 0.3) is 11.2 Å². The second-order valence-electron chi connectivity index (χ2n) is 8.82. The molecule has 4 aromatic rings. The summed E-state index contributed by atoms with van der Waals surface area (Å²) in [6.45, 7) is 3.66. The van der Waals surface area contributed by atoms with Crippen LogP contribution in [0.4, 0.5) is 10.7 Å². The Morgan fingerprint density at radius 3 is 2.74 bits per heavy atom. The van der Waals surface area contributed by atoms with E-state index in [0.29, 0.717) is 16.3 Å². The van der Waals surface area contributed by atoms with Crippen LogP contribution in [0.25, 0.3) is 16.7 Å². The number of amides is 1. The van der Waals surface area contributed by atoms with Crippen LogP contribution in [-0.2, 0) is 22.4 Å². The molecule has 0 bridgehead atoms. The molecule has 12 nitrogen and oxygen atoms in total. The molecule has 1 aliphatic carbocycles. The molecule has 39 heavy (non-hydrogen) atoms. The Morgan fingerprint density at radius 2 is 2.03 bits per heavy atom. The molecule has 0 aliphatic heterocycles. The molecule has 14 heteroatoms. The maximum absolute atomic E-state index is 13.2. The van der Waals surface area contributed by atoms with Gasteiger partial charge in [-0.05, 0) is 57.2 Å². The van der Waals surface area contributed by atoms with Gasteiger partial charge in [0.15, 0.2) is 10.8 Å². The van der Waals surface area contributed by atoms with Crippen molar-refractivity contribution in [1.29, 1.82) is 0 Å². The van der Waals surface area contributed by atoms with E-state index in [4.69, 9.17) is 4.74 Å². The number of nitro benzene ring substituents is 1. The van der Waals surface area contributed by atoms with Crippen molar-refractivity contribution in [1.82, 2.24) is 19.7 Å². The Hall–Kier alpha value is -4.04. The molecule has 3 aromatic heterocycles. The first-order valence-corrected chi connectivity index (χ1v) is 14.0. The number of thioether (sulfide) groups is 1. The van der Waals surface area contributed by atoms with Gasteiger partial charge in [-0.1, -0.05) is 11.8 Å². The molecule has 5 rings (SSSR count). The molecule has 1 atom stereocenters. The number of hydrogen-bond acceptors (Lipinski definition) is 10. The van der Waals surface area contributed by atoms with E-state index in [1.165, 1.54) is 46.5 Å². The number of nitrogens with zero attached hydrogens (tertiary/aromatic N) is 4. The van der Waals surface area contributed by atoms with Gasteiger partial charge < -0.3 is 15.0 Å². The van der Waals surface area contributed by atoms with Crippen molar-refractivity contribution in [3.63, 3.8) is 0 Å². The van der Waals surface area contributed by atoms with E-state index in [1.54, 1.807) is 13.8 Å². The van der Waals surface area contributed by atoms with Crippen molar-refractivity contribution >= 4 is 56.7 Å². The van der Waals surface area contributed by atoms with Crippen LogP contribution in [0.15, 0.2) is 40.4 Å². The van der Waals surface area contributed by atoms with Crippen molar-refractivity contribution in [2.45, 2.75) is 49.9 Å². The topological polar surface area (TPSA) is 162 Å². The molecule has 0 radical (unpaired) electrons. The van der Waals surface area contributed by atoms with Gasteiger partial charge in [-0.15, -0.1) is 11.3 Å². The minimum absolute atomic E-state index is 0.0743. The summed E-state index contributed by atoms with van der Waals surface area (Å²) in [6, 6.07) is 5.70. The van der Waals surface area contributed by atoms with E-state index in [0.717, 1.165) is 47.9 Å². The molecule has 0 saturated heterocycles. The Labute approximate surface area is 229 Å². The number of aromatic nitrogens is 4. The Balaban J connectivity index is 1.39. The number of aromatic amines is 1. The number of fused-ring (bicyclic) bond motifs is 2. The fraction of sp³-hybridized carbons (Fsp3) is 0.320. The smallest absolute Gasteiger partial charge is 0.341 e. The molecular formula is C25H24N6O6S2. The number of carbonyl (C=O) groups excluding carboxylic acids is 2. The molecule has 1 unspecified atom stereocenters. The van der Waals surface area contributed by atoms with Crippen LogP contribution in [0.2, 0.25) is 0 Å². The number of non-ortho nitro benzene ring substituents is 1. The summed E-state index contributed by atoms with van der Waals surface area (Å²) in [7, 11) is 0. The van der Waals surface area contributed by atoms with Crippen LogP contribution in [0.1, 0.15) is 47.5 Å². The van der Waals surface area contributed by atoms with E-state index in [9.17, 15) is 24.5 Å². The molecular weight excluding hydrogens is 544 g/mol. The minimum atomic E-state index is -0.671. The number of hydrogen-bond donors (Lipinski definition) is 2. The molecule has 2 N–H and O–H groups in total. The van der Waals surface area contributed by atoms with Gasteiger partial charge in [0, 0.05) is 17.0 Å². The number of nitro groups is 1. The van der Waals surface area contributed by atoms with Crippen molar-refractivity contribution in [2.24, 2.45) is 0 Å². The highest BCUT2D eigenvalue weighted by Crippen LogP contribution is 2.39. The predicted octanol–water partition coefficient (Wildman–Crippen LogP) is 4.25. The number of H-pyrrole nitrogens is 1. The summed E-state index contributed by atoms with van der Waals surface area (Å²) in [5.74, 6) is -0.792. The number of nitrogens with one attached hydrogen (secondary N) is 2. The number of aryl methyl sites for hydroxylation is 1. The Bertz CT molecular complexity index is 1640. The highest BCUT2D eigenvalue weighted by molar-refractivity contribution is 8.00. The molecule has 1 aromatic carbocycles. The number of anilines is 1. The fourth-order valence-electron chi connectivity index (χ4n) is 4.37. The first kappa shape index (κ1) is 26.6. The van der Waals surface area contributed by atoms with Gasteiger partial charge in [0.2, 0.25) is 5.91 Å². The largest absolute Gasteiger partial charge is 0.462 e. The second-order valence-corrected chi connectivity index (χ2v) is 11.3. The van der Waals surface area contributed by atoms with Crippen LogP contribution in [0.5, 0.6) is 0 Å². The molecule has 1 aliphatic rings. The zero-order valence-corrected chi connectivity index (χ0v) is 22.7. The maximum Gasteiger partial charge on any atom is 0.341 e. The van der Waals surface area contributed by atoms with Crippen molar-refractivity contribution in [3.05, 3.63) is 66.9 Å². The average Bonchev–Trinajstić information content (AvgIpc) is 3.50. The van der Waals surface area contributed by atoms with E-state index in [1.807, 2.05) is 0 Å². The summed E-state index contributed by atoms with van der Waals surface area (Å²) in [5, 5.41) is 18.3. The van der Waals surface area contributed by atoms with Crippen LogP contribution >= 0.6 is 23.1 Å². The quantitative estimate of drug-likeness (QED) is 0.104. The lowest BCUT2D eigenvalue weighted by molar-refractivity contribution is -0.384. The number of benzene rings is 1. The summed E-state index contributed by atoms with van der Waals surface area (Å²) in [5.41, 5.74) is 1.62. The minimum Gasteiger partial charge on any atom is -0.462 e. The van der Waals surface area contributed by atoms with E-state index in [2.05, 4.69) is 20.4 Å². The third-order valence-corrected chi connectivity index (χ3v) is 8.46. The zero-order valence-electron chi connectivity index (χ0n) is 21.1. The van der Waals surface area contributed by atoms with E-state index >= 15 is 0 Å². The van der Waals surface area contributed by atoms with Crippen molar-refractivity contribution < 1.29 is 19.2 Å². The summed E-state index contributed by atoms with van der Waals surface area (Å²) < 4.78 is 6.67. The number of carbonyl (C=O) groups is 2. The molecule has 202 valence electrons. The van der Waals surface area contributed by atoms with E-state index < -0.39 is 21.7 Å². The van der Waals surface area contributed by atoms with Crippen LogP contribution in [-0.4, -0.2) is 48.4 Å². The third kappa shape index (κ3) is 5.29. The first-order chi connectivity index (χ1) is 18.8. The lowest BCUT2D eigenvalue weighted by Gasteiger charge is -2.13. The van der Waals surface area contributed by atoms with Gasteiger partial charge in [0.05, 0.1) is 34.2 Å². The van der Waals surface area contributed by atoms with Gasteiger partial charge in [-0.2, -0.15) is 5.10 Å². The highest BCUT2D eigenvalue weighted by Gasteiger charge is 2.28. The highest BCUT2D eigenvalue weighted by atomic mass is 32.2. The normalized spacial score (nSPS) is 13.6. The summed E-state index contributed by atoms with van der Waals surface area (Å²) in [6.07, 6.45) is 5.01. The summed E-state index contributed by atoms with van der Waals surface area (Å²) >= 11 is 2.46. The van der Waals surface area contributed by atoms with Crippen LogP contribution < -0.4 is 10.9 Å². The molecule has 3 heterocycles. The Kier molecular flexibility index (Phi) is 7.48. The van der Waals surface area contributed by atoms with Crippen molar-refractivity contribution in [2.75, 3.05) is 11.9 Å². The molecule has 0 saturated carbocycles. The lowest BCUT2D eigenvalue weighted by atomic mass is 9.95. The molecule has 1 amide bonds. The number of ether oxygens (including phenoxy) is 1. The lowest BCUT2D eigenvalue weighted by Crippen LogP contribution is -2.24. The van der Waals surface area contributed by atoms with Gasteiger partial charge in [-0.25, -0.2) is 14.5 Å². The summed E-state index contributed by atoms with van der Waals surface area (Å²) in [4.78, 5) is 57.3. The fourth-order valence-corrected chi connectivity index (χ4v) is 6.44. The zero-order chi connectivity index (χ0) is 27.7. The van der Waals surface area contributed by atoms with Crippen molar-refractivity contribution in [3.8, 4) is 5.69 Å². The molecule has 0 fully saturated rings.